The summed E-state index contributed by atoms with van der Waals surface area (Å²) in [6.45, 7) is 2.68. The molecule has 0 radical (unpaired) electrons. The summed E-state index contributed by atoms with van der Waals surface area (Å²) < 4.78 is 0. The molecule has 0 aromatic rings. The van der Waals surface area contributed by atoms with Crippen molar-refractivity contribution >= 4 is 15.9 Å². The molecule has 1 N–H and O–H groups in total. The van der Waals surface area contributed by atoms with Gasteiger partial charge in [0, 0.05) is 11.9 Å². The van der Waals surface area contributed by atoms with Crippen LogP contribution < -0.4 is 0 Å². The van der Waals surface area contributed by atoms with Gasteiger partial charge in [-0.05, 0) is 25.2 Å². The Morgan fingerprint density at radius 2 is 1.75 bits per heavy atom. The second kappa shape index (κ2) is 9.53. The first-order valence-electron chi connectivity index (χ1n) is 4.98. The molecule has 0 rings (SSSR count). The number of alkyl halides is 1. The normalized spacial score (nSPS) is 13.2. The third-order valence-electron chi connectivity index (χ3n) is 2.19. The van der Waals surface area contributed by atoms with E-state index in [0.29, 0.717) is 6.61 Å². The molecular weight excluding hydrogens is 216 g/mol. The Kier molecular flexibility index (Phi) is 9.88. The molecule has 0 spiro atoms. The molecule has 0 aliphatic carbocycles. The average Bonchev–Trinajstić information content (AvgIpc) is 2.09. The van der Waals surface area contributed by atoms with E-state index in [9.17, 15) is 0 Å². The summed E-state index contributed by atoms with van der Waals surface area (Å²) in [7, 11) is 0. The van der Waals surface area contributed by atoms with Crippen LogP contribution in [0.2, 0.25) is 0 Å². The molecule has 0 bridgehead atoms. The van der Waals surface area contributed by atoms with E-state index in [4.69, 9.17) is 5.11 Å². The van der Waals surface area contributed by atoms with Crippen molar-refractivity contribution in [2.45, 2.75) is 45.4 Å². The fourth-order valence-corrected chi connectivity index (χ4v) is 1.68. The van der Waals surface area contributed by atoms with E-state index >= 15 is 0 Å². The highest BCUT2D eigenvalue weighted by molar-refractivity contribution is 9.09. The third-order valence-corrected chi connectivity index (χ3v) is 2.75. The number of hydrogen-bond acceptors (Lipinski definition) is 1. The molecule has 0 fully saturated rings. The Morgan fingerprint density at radius 1 is 1.08 bits per heavy atom. The summed E-state index contributed by atoms with van der Waals surface area (Å²) in [5, 5.41) is 9.70. The maximum atomic E-state index is 8.57. The zero-order chi connectivity index (χ0) is 9.23. The Bertz CT molecular complexity index is 85.9. The van der Waals surface area contributed by atoms with Crippen molar-refractivity contribution in [2.75, 3.05) is 11.9 Å². The minimum absolute atomic E-state index is 0.357. The molecule has 0 amide bonds. The van der Waals surface area contributed by atoms with Crippen molar-refractivity contribution in [2.24, 2.45) is 5.92 Å². The Morgan fingerprint density at radius 3 is 2.33 bits per heavy atom. The predicted octanol–water partition coefficient (Wildman–Crippen LogP) is 3.35. The summed E-state index contributed by atoms with van der Waals surface area (Å²) in [5.41, 5.74) is 0. The second-order valence-corrected chi connectivity index (χ2v) is 4.30. The molecule has 0 heterocycles. The Balaban J connectivity index is 3.02. The molecule has 74 valence electrons. The van der Waals surface area contributed by atoms with Gasteiger partial charge in [0.25, 0.3) is 0 Å². The fraction of sp³-hybridized carbons (Fsp3) is 1.00. The summed E-state index contributed by atoms with van der Waals surface area (Å²) in [5.74, 6) is 0.862. The lowest BCUT2D eigenvalue weighted by atomic mass is 9.99. The van der Waals surface area contributed by atoms with Gasteiger partial charge in [-0.15, -0.1) is 0 Å². The molecule has 1 nitrogen and oxygen atoms in total. The zero-order valence-electron chi connectivity index (χ0n) is 8.06. The van der Waals surface area contributed by atoms with Crippen LogP contribution in [0.5, 0.6) is 0 Å². The van der Waals surface area contributed by atoms with Crippen LogP contribution in [0.15, 0.2) is 0 Å². The van der Waals surface area contributed by atoms with Crippen LogP contribution in [0.4, 0.5) is 0 Å². The molecule has 2 heteroatoms. The molecule has 0 aliphatic rings. The molecule has 1 atom stereocenters. The van der Waals surface area contributed by atoms with Crippen molar-refractivity contribution in [3.05, 3.63) is 0 Å². The first-order chi connectivity index (χ1) is 5.81. The van der Waals surface area contributed by atoms with E-state index < -0.39 is 0 Å². The van der Waals surface area contributed by atoms with Crippen LogP contribution in [-0.2, 0) is 0 Å². The van der Waals surface area contributed by atoms with Crippen LogP contribution in [0.3, 0.4) is 0 Å². The quantitative estimate of drug-likeness (QED) is 0.507. The van der Waals surface area contributed by atoms with Gasteiger partial charge in [-0.3, -0.25) is 0 Å². The number of aliphatic hydroxyl groups excluding tert-OH is 1. The molecule has 0 aliphatic heterocycles. The molecule has 0 aromatic carbocycles. The Labute approximate surface area is 84.7 Å². The van der Waals surface area contributed by atoms with Crippen LogP contribution in [-0.4, -0.2) is 17.0 Å². The van der Waals surface area contributed by atoms with Gasteiger partial charge in [-0.2, -0.15) is 0 Å². The lowest BCUT2D eigenvalue weighted by Gasteiger charge is -2.09. The highest BCUT2D eigenvalue weighted by Gasteiger charge is 2.00. The van der Waals surface area contributed by atoms with E-state index in [0.717, 1.165) is 17.7 Å². The average molecular weight is 237 g/mol. The van der Waals surface area contributed by atoms with E-state index in [1.807, 2.05) is 0 Å². The molecule has 12 heavy (non-hydrogen) atoms. The summed E-state index contributed by atoms with van der Waals surface area (Å²) in [6, 6.07) is 0. The van der Waals surface area contributed by atoms with Gasteiger partial charge >= 0.3 is 0 Å². The molecule has 1 unspecified atom stereocenters. The van der Waals surface area contributed by atoms with Crippen LogP contribution in [0.25, 0.3) is 0 Å². The van der Waals surface area contributed by atoms with Crippen molar-refractivity contribution in [1.82, 2.24) is 0 Å². The number of aliphatic hydroxyl groups is 1. The highest BCUT2D eigenvalue weighted by Crippen LogP contribution is 2.15. The van der Waals surface area contributed by atoms with E-state index in [1.165, 1.54) is 32.1 Å². The zero-order valence-corrected chi connectivity index (χ0v) is 9.65. The van der Waals surface area contributed by atoms with Gasteiger partial charge in [-0.1, -0.05) is 42.1 Å². The predicted molar refractivity (Wildman–Crippen MR) is 57.7 cm³/mol. The van der Waals surface area contributed by atoms with Gasteiger partial charge in [0.1, 0.15) is 0 Å². The SMILES string of the molecule is CC(CCCBr)CCCCCO. The Hall–Kier alpha value is 0.440. The van der Waals surface area contributed by atoms with Gasteiger partial charge in [0.15, 0.2) is 0 Å². The largest absolute Gasteiger partial charge is 0.396 e. The van der Waals surface area contributed by atoms with E-state index in [1.54, 1.807) is 0 Å². The first-order valence-corrected chi connectivity index (χ1v) is 6.10. The maximum absolute atomic E-state index is 8.57. The third kappa shape index (κ3) is 8.54. The summed E-state index contributed by atoms with van der Waals surface area (Å²) in [6.07, 6.45) is 7.41. The second-order valence-electron chi connectivity index (χ2n) is 3.51. The first kappa shape index (κ1) is 12.4. The van der Waals surface area contributed by atoms with Gasteiger partial charge < -0.3 is 5.11 Å². The standard InChI is InChI=1S/C10H21BrO/c1-10(7-5-8-11)6-3-2-4-9-12/h10,12H,2-9H2,1H3. The van der Waals surface area contributed by atoms with Crippen molar-refractivity contribution < 1.29 is 5.11 Å². The molecule has 0 saturated heterocycles. The van der Waals surface area contributed by atoms with Crippen LogP contribution >= 0.6 is 15.9 Å². The molecule has 0 aromatic heterocycles. The summed E-state index contributed by atoms with van der Waals surface area (Å²) in [4.78, 5) is 0. The van der Waals surface area contributed by atoms with Crippen molar-refractivity contribution in [1.29, 1.82) is 0 Å². The van der Waals surface area contributed by atoms with Crippen molar-refractivity contribution in [3.63, 3.8) is 0 Å². The smallest absolute Gasteiger partial charge is 0.0431 e. The number of rotatable bonds is 8. The van der Waals surface area contributed by atoms with Gasteiger partial charge in [0.05, 0.1) is 0 Å². The topological polar surface area (TPSA) is 20.2 Å². The lowest BCUT2D eigenvalue weighted by Crippen LogP contribution is -1.95. The van der Waals surface area contributed by atoms with Gasteiger partial charge in [0.2, 0.25) is 0 Å². The minimum atomic E-state index is 0.357. The number of halogens is 1. The van der Waals surface area contributed by atoms with Gasteiger partial charge in [-0.25, -0.2) is 0 Å². The van der Waals surface area contributed by atoms with E-state index in [2.05, 4.69) is 22.9 Å². The number of hydrogen-bond donors (Lipinski definition) is 1. The molecular formula is C10H21BrO. The molecule has 0 saturated carbocycles. The highest BCUT2D eigenvalue weighted by atomic mass is 79.9. The lowest BCUT2D eigenvalue weighted by molar-refractivity contribution is 0.280. The fourth-order valence-electron chi connectivity index (χ4n) is 1.35. The summed E-state index contributed by atoms with van der Waals surface area (Å²) >= 11 is 3.44. The van der Waals surface area contributed by atoms with Crippen molar-refractivity contribution in [3.8, 4) is 0 Å². The maximum Gasteiger partial charge on any atom is 0.0431 e. The van der Waals surface area contributed by atoms with Crippen LogP contribution in [0.1, 0.15) is 45.4 Å². The van der Waals surface area contributed by atoms with Crippen LogP contribution in [0, 0.1) is 5.92 Å². The number of unbranched alkanes of at least 4 members (excludes halogenated alkanes) is 2. The van der Waals surface area contributed by atoms with E-state index in [-0.39, 0.29) is 0 Å². The monoisotopic (exact) mass is 236 g/mol. The minimum Gasteiger partial charge on any atom is -0.396 e.